The Hall–Kier alpha value is -1.66. The van der Waals surface area contributed by atoms with Gasteiger partial charge < -0.3 is 11.1 Å². The molecule has 1 aromatic carbocycles. The van der Waals surface area contributed by atoms with Crippen molar-refractivity contribution in [2.45, 2.75) is 26.7 Å². The van der Waals surface area contributed by atoms with Crippen LogP contribution in [0.1, 0.15) is 26.7 Å². The Balaban J connectivity index is 2.78. The number of nitrogens with zero attached hydrogens (tertiary/aromatic N) is 1. The van der Waals surface area contributed by atoms with Crippen molar-refractivity contribution in [1.29, 1.82) is 0 Å². The molecule has 0 heterocycles. The topological polar surface area (TPSA) is 98.3 Å². The van der Waals surface area contributed by atoms with E-state index in [2.05, 4.69) is 19.2 Å². The molecule has 7 heteroatoms. The molecule has 0 bridgehead atoms. The number of benzene rings is 1. The number of rotatable bonds is 7. The maximum absolute atomic E-state index is 12.0. The highest BCUT2D eigenvalue weighted by Gasteiger charge is 2.19. The number of carbonyl (C=O) groups excluding carboxylic acids is 1. The Kier molecular flexibility index (Phi) is 6.58. The van der Waals surface area contributed by atoms with Gasteiger partial charge in [0, 0.05) is 17.5 Å². The van der Waals surface area contributed by atoms with Crippen LogP contribution in [-0.2, 0) is 4.79 Å². The van der Waals surface area contributed by atoms with E-state index >= 15 is 0 Å². The average molecular weight is 314 g/mol. The van der Waals surface area contributed by atoms with Crippen LogP contribution >= 0.6 is 11.6 Å². The number of nitrogens with one attached hydrogen (secondary N) is 1. The van der Waals surface area contributed by atoms with Crippen molar-refractivity contribution in [3.05, 3.63) is 33.3 Å². The predicted molar refractivity (Wildman–Crippen MR) is 83.4 cm³/mol. The highest BCUT2D eigenvalue weighted by atomic mass is 35.5. The molecule has 1 atom stereocenters. The fourth-order valence-electron chi connectivity index (χ4n) is 2.16. The highest BCUT2D eigenvalue weighted by molar-refractivity contribution is 6.31. The molecule has 0 aromatic heterocycles. The van der Waals surface area contributed by atoms with Crippen LogP contribution in [0.2, 0.25) is 5.02 Å². The van der Waals surface area contributed by atoms with E-state index in [4.69, 9.17) is 17.3 Å². The van der Waals surface area contributed by atoms with Crippen molar-refractivity contribution in [2.24, 2.45) is 17.6 Å². The van der Waals surface area contributed by atoms with Crippen LogP contribution in [0.25, 0.3) is 0 Å². The van der Waals surface area contributed by atoms with E-state index in [1.165, 1.54) is 18.2 Å². The number of halogens is 1. The van der Waals surface area contributed by atoms with Crippen molar-refractivity contribution < 1.29 is 9.72 Å². The minimum atomic E-state index is -0.555. The quantitative estimate of drug-likeness (QED) is 0.596. The molecule has 1 unspecified atom stereocenters. The van der Waals surface area contributed by atoms with Gasteiger partial charge in [-0.1, -0.05) is 25.4 Å². The fraction of sp³-hybridized carbons (Fsp3) is 0.500. The van der Waals surface area contributed by atoms with E-state index < -0.39 is 4.92 Å². The molecule has 0 spiro atoms. The molecule has 6 nitrogen and oxygen atoms in total. The lowest BCUT2D eigenvalue weighted by molar-refractivity contribution is -0.383. The summed E-state index contributed by atoms with van der Waals surface area (Å²) in [6, 6.07) is 4.06. The zero-order valence-electron chi connectivity index (χ0n) is 12.1. The first-order chi connectivity index (χ1) is 9.83. The summed E-state index contributed by atoms with van der Waals surface area (Å²) in [5.41, 5.74) is 5.59. The van der Waals surface area contributed by atoms with Gasteiger partial charge in [0.25, 0.3) is 5.69 Å². The van der Waals surface area contributed by atoms with Crippen molar-refractivity contribution >= 4 is 28.9 Å². The Labute approximate surface area is 128 Å². The van der Waals surface area contributed by atoms with Gasteiger partial charge in [0.15, 0.2) is 0 Å². The number of amides is 1. The molecule has 1 amide bonds. The summed E-state index contributed by atoms with van der Waals surface area (Å²) in [4.78, 5) is 22.4. The van der Waals surface area contributed by atoms with E-state index in [-0.39, 0.29) is 29.6 Å². The van der Waals surface area contributed by atoms with E-state index in [9.17, 15) is 14.9 Å². The third-order valence-corrected chi connectivity index (χ3v) is 3.28. The Morgan fingerprint density at radius 1 is 1.48 bits per heavy atom. The number of carbonyl (C=O) groups is 1. The molecule has 0 aliphatic heterocycles. The number of anilines is 1. The van der Waals surface area contributed by atoms with Gasteiger partial charge in [0.1, 0.15) is 5.69 Å². The summed E-state index contributed by atoms with van der Waals surface area (Å²) in [6.45, 7) is 4.52. The largest absolute Gasteiger partial charge is 0.330 e. The molecule has 3 N–H and O–H groups in total. The maximum atomic E-state index is 12.0. The van der Waals surface area contributed by atoms with Crippen LogP contribution in [0.5, 0.6) is 0 Å². The zero-order chi connectivity index (χ0) is 16.0. The number of nitro groups is 1. The van der Waals surface area contributed by atoms with Gasteiger partial charge in [-0.15, -0.1) is 0 Å². The number of hydrogen-bond acceptors (Lipinski definition) is 4. The molecular formula is C14H20ClN3O3. The van der Waals surface area contributed by atoms with Crippen LogP contribution in [0.4, 0.5) is 11.4 Å². The molecule has 0 radical (unpaired) electrons. The first-order valence-corrected chi connectivity index (χ1v) is 7.15. The van der Waals surface area contributed by atoms with Crippen LogP contribution in [0, 0.1) is 22.0 Å². The van der Waals surface area contributed by atoms with Crippen molar-refractivity contribution in [1.82, 2.24) is 0 Å². The molecule has 0 aliphatic carbocycles. The first-order valence-electron chi connectivity index (χ1n) is 6.77. The van der Waals surface area contributed by atoms with Crippen LogP contribution in [0.15, 0.2) is 18.2 Å². The van der Waals surface area contributed by atoms with Gasteiger partial charge in [-0.2, -0.15) is 0 Å². The third kappa shape index (κ3) is 5.69. The molecule has 1 rings (SSSR count). The van der Waals surface area contributed by atoms with Gasteiger partial charge in [0.2, 0.25) is 5.91 Å². The molecule has 116 valence electrons. The summed E-state index contributed by atoms with van der Waals surface area (Å²) in [6.07, 6.45) is 1.07. The lowest BCUT2D eigenvalue weighted by Crippen LogP contribution is -2.23. The lowest BCUT2D eigenvalue weighted by atomic mass is 9.94. The monoisotopic (exact) mass is 313 g/mol. The standard InChI is InChI=1S/C14H20ClN3O3/c1-9(2)5-10(8-16)6-14(19)17-12-7-11(15)3-4-13(12)18(20)21/h3-4,7,9-10H,5-6,8,16H2,1-2H3,(H,17,19). The number of nitro benzene ring substituents is 1. The highest BCUT2D eigenvalue weighted by Crippen LogP contribution is 2.28. The van der Waals surface area contributed by atoms with Crippen LogP contribution in [-0.4, -0.2) is 17.4 Å². The second kappa shape index (κ2) is 7.95. The average Bonchev–Trinajstić information content (AvgIpc) is 2.36. The maximum Gasteiger partial charge on any atom is 0.292 e. The van der Waals surface area contributed by atoms with E-state index in [1.807, 2.05) is 0 Å². The first kappa shape index (κ1) is 17.4. The summed E-state index contributed by atoms with van der Waals surface area (Å²) < 4.78 is 0. The normalized spacial score (nSPS) is 12.2. The zero-order valence-corrected chi connectivity index (χ0v) is 12.9. The van der Waals surface area contributed by atoms with Gasteiger partial charge in [-0.25, -0.2) is 0 Å². The molecular weight excluding hydrogens is 294 g/mol. The summed E-state index contributed by atoms with van der Waals surface area (Å²) in [7, 11) is 0. The molecule has 21 heavy (non-hydrogen) atoms. The summed E-state index contributed by atoms with van der Waals surface area (Å²) in [5.74, 6) is 0.201. The van der Waals surface area contributed by atoms with Crippen LogP contribution < -0.4 is 11.1 Å². The second-order valence-electron chi connectivity index (χ2n) is 5.40. The fourth-order valence-corrected chi connectivity index (χ4v) is 2.33. The number of nitrogens with two attached hydrogens (primary N) is 1. The van der Waals surface area contributed by atoms with Crippen molar-refractivity contribution in [2.75, 3.05) is 11.9 Å². The smallest absolute Gasteiger partial charge is 0.292 e. The van der Waals surface area contributed by atoms with E-state index in [0.29, 0.717) is 17.5 Å². The Morgan fingerprint density at radius 2 is 2.14 bits per heavy atom. The molecule has 0 saturated heterocycles. The van der Waals surface area contributed by atoms with Gasteiger partial charge in [0.05, 0.1) is 4.92 Å². The molecule has 0 aliphatic rings. The van der Waals surface area contributed by atoms with Gasteiger partial charge in [-0.05, 0) is 36.9 Å². The minimum absolute atomic E-state index is 0.0586. The Morgan fingerprint density at radius 3 is 2.67 bits per heavy atom. The lowest BCUT2D eigenvalue weighted by Gasteiger charge is -2.16. The SMILES string of the molecule is CC(C)CC(CN)CC(=O)Nc1cc(Cl)ccc1[N+](=O)[O-]. The van der Waals surface area contributed by atoms with Crippen molar-refractivity contribution in [3.63, 3.8) is 0 Å². The predicted octanol–water partition coefficient (Wildman–Crippen LogP) is 3.20. The minimum Gasteiger partial charge on any atom is -0.330 e. The van der Waals surface area contributed by atoms with E-state index in [0.717, 1.165) is 6.42 Å². The number of hydrogen-bond donors (Lipinski definition) is 2. The summed E-state index contributed by atoms with van der Waals surface area (Å²) in [5, 5.41) is 13.8. The van der Waals surface area contributed by atoms with Gasteiger partial charge in [-0.3, -0.25) is 14.9 Å². The third-order valence-electron chi connectivity index (χ3n) is 3.04. The Bertz CT molecular complexity index is 520. The molecule has 0 saturated carbocycles. The second-order valence-corrected chi connectivity index (χ2v) is 5.84. The van der Waals surface area contributed by atoms with Gasteiger partial charge >= 0.3 is 0 Å². The summed E-state index contributed by atoms with van der Waals surface area (Å²) >= 11 is 5.81. The van der Waals surface area contributed by atoms with Crippen molar-refractivity contribution in [3.8, 4) is 0 Å². The molecule has 1 aromatic rings. The van der Waals surface area contributed by atoms with Crippen LogP contribution in [0.3, 0.4) is 0 Å². The van der Waals surface area contributed by atoms with E-state index in [1.54, 1.807) is 0 Å². The molecule has 0 fully saturated rings.